The van der Waals surface area contributed by atoms with Gasteiger partial charge in [0, 0.05) is 36.0 Å². The summed E-state index contributed by atoms with van der Waals surface area (Å²) in [6.07, 6.45) is 0.376. The summed E-state index contributed by atoms with van der Waals surface area (Å²) in [4.78, 5) is 39.7. The molecular formula is C21H17FN6O4S. The van der Waals surface area contributed by atoms with E-state index in [-0.39, 0.29) is 23.7 Å². The third-order valence-electron chi connectivity index (χ3n) is 4.79. The Kier molecular flexibility index (Phi) is 6.09. The van der Waals surface area contributed by atoms with Gasteiger partial charge in [0.2, 0.25) is 4.96 Å². The molecule has 168 valence electrons. The number of carbonyl (C=O) groups is 2. The first-order valence-electron chi connectivity index (χ1n) is 9.75. The number of amides is 2. The van der Waals surface area contributed by atoms with E-state index in [9.17, 15) is 24.1 Å². The second-order valence-electron chi connectivity index (χ2n) is 7.08. The molecular weight excluding hydrogens is 451 g/mol. The lowest BCUT2D eigenvalue weighted by Gasteiger charge is -2.08. The number of nitrogens with zero attached hydrogens (tertiary/aromatic N) is 4. The Hall–Kier alpha value is -4.19. The van der Waals surface area contributed by atoms with Crippen LogP contribution in [0.2, 0.25) is 0 Å². The molecule has 2 amide bonds. The summed E-state index contributed by atoms with van der Waals surface area (Å²) in [6, 6.07) is 9.98. The van der Waals surface area contributed by atoms with Crippen LogP contribution >= 0.6 is 11.3 Å². The average Bonchev–Trinajstić information content (AvgIpc) is 3.36. The molecule has 10 nitrogen and oxygen atoms in total. The number of anilines is 1. The van der Waals surface area contributed by atoms with Crippen LogP contribution in [0.4, 0.5) is 15.8 Å². The Morgan fingerprint density at radius 3 is 2.79 bits per heavy atom. The van der Waals surface area contributed by atoms with Crippen LogP contribution in [0, 0.1) is 22.9 Å². The Morgan fingerprint density at radius 2 is 2.03 bits per heavy atom. The van der Waals surface area contributed by atoms with Crippen LogP contribution in [-0.2, 0) is 16.0 Å². The highest BCUT2D eigenvalue weighted by molar-refractivity contribution is 7.15. The monoisotopic (exact) mass is 468 g/mol. The zero-order chi connectivity index (χ0) is 23.5. The summed E-state index contributed by atoms with van der Waals surface area (Å²) in [5.41, 5.74) is 1.90. The van der Waals surface area contributed by atoms with Gasteiger partial charge in [0.05, 0.1) is 16.3 Å². The molecule has 0 saturated carbocycles. The van der Waals surface area contributed by atoms with E-state index in [4.69, 9.17) is 0 Å². The van der Waals surface area contributed by atoms with Crippen molar-refractivity contribution in [3.05, 3.63) is 75.0 Å². The number of nitro benzene ring substituents is 1. The van der Waals surface area contributed by atoms with Crippen molar-refractivity contribution in [2.24, 2.45) is 0 Å². The van der Waals surface area contributed by atoms with Crippen molar-refractivity contribution in [2.75, 3.05) is 11.9 Å². The van der Waals surface area contributed by atoms with Gasteiger partial charge in [-0.1, -0.05) is 18.2 Å². The first-order chi connectivity index (χ1) is 15.8. The van der Waals surface area contributed by atoms with Crippen molar-refractivity contribution in [3.8, 4) is 11.4 Å². The minimum atomic E-state index is -0.928. The SMILES string of the molecule is Cc1ccc([N+](=O)[O-])cc1NC(=O)C(=O)NCCc1csc2nc(-c3cccc(F)c3)nn12. The number of aryl methyl sites for hydroxylation is 1. The predicted molar refractivity (Wildman–Crippen MR) is 119 cm³/mol. The first kappa shape index (κ1) is 22.0. The van der Waals surface area contributed by atoms with Crippen molar-refractivity contribution < 1.29 is 18.9 Å². The van der Waals surface area contributed by atoms with Gasteiger partial charge in [0.25, 0.3) is 5.69 Å². The average molecular weight is 468 g/mol. The van der Waals surface area contributed by atoms with Gasteiger partial charge < -0.3 is 10.6 Å². The third kappa shape index (κ3) is 4.85. The van der Waals surface area contributed by atoms with Gasteiger partial charge >= 0.3 is 11.8 Å². The molecule has 4 aromatic rings. The van der Waals surface area contributed by atoms with Crippen molar-refractivity contribution in [1.82, 2.24) is 19.9 Å². The predicted octanol–water partition coefficient (Wildman–Crippen LogP) is 3.11. The summed E-state index contributed by atoms with van der Waals surface area (Å²) in [6.45, 7) is 1.82. The topological polar surface area (TPSA) is 132 Å². The Morgan fingerprint density at radius 1 is 1.21 bits per heavy atom. The molecule has 0 aliphatic carbocycles. The highest BCUT2D eigenvalue weighted by Gasteiger charge is 2.17. The van der Waals surface area contributed by atoms with E-state index in [2.05, 4.69) is 20.7 Å². The summed E-state index contributed by atoms with van der Waals surface area (Å²) < 4.78 is 15.1. The molecule has 0 radical (unpaired) electrons. The number of halogens is 1. The lowest BCUT2D eigenvalue weighted by Crippen LogP contribution is -2.36. The molecule has 0 atom stereocenters. The van der Waals surface area contributed by atoms with Crippen LogP contribution in [-0.4, -0.2) is 37.9 Å². The molecule has 2 N–H and O–H groups in total. The quantitative estimate of drug-likeness (QED) is 0.254. The second-order valence-corrected chi connectivity index (χ2v) is 7.92. The third-order valence-corrected chi connectivity index (χ3v) is 5.65. The summed E-state index contributed by atoms with van der Waals surface area (Å²) >= 11 is 1.35. The summed E-state index contributed by atoms with van der Waals surface area (Å²) in [5, 5.41) is 22.1. The normalized spacial score (nSPS) is 10.8. The highest BCUT2D eigenvalue weighted by Crippen LogP contribution is 2.23. The molecule has 0 saturated heterocycles. The number of fused-ring (bicyclic) bond motifs is 1. The number of nitro groups is 1. The van der Waals surface area contributed by atoms with Gasteiger partial charge in [-0.05, 0) is 24.6 Å². The largest absolute Gasteiger partial charge is 0.347 e. The molecule has 2 aromatic carbocycles. The molecule has 2 heterocycles. The van der Waals surface area contributed by atoms with Crippen molar-refractivity contribution in [3.63, 3.8) is 0 Å². The maximum absolute atomic E-state index is 13.5. The molecule has 0 fully saturated rings. The molecule has 12 heteroatoms. The van der Waals surface area contributed by atoms with Gasteiger partial charge in [-0.2, -0.15) is 4.98 Å². The van der Waals surface area contributed by atoms with Crippen molar-refractivity contribution in [2.45, 2.75) is 13.3 Å². The number of hydrogen-bond donors (Lipinski definition) is 2. The minimum absolute atomic E-state index is 0.154. The van der Waals surface area contributed by atoms with Crippen LogP contribution in [0.25, 0.3) is 16.3 Å². The minimum Gasteiger partial charge on any atom is -0.347 e. The van der Waals surface area contributed by atoms with E-state index in [1.54, 1.807) is 23.6 Å². The van der Waals surface area contributed by atoms with Gasteiger partial charge in [-0.15, -0.1) is 16.4 Å². The number of benzene rings is 2. The maximum atomic E-state index is 13.5. The lowest BCUT2D eigenvalue weighted by atomic mass is 10.2. The molecule has 0 aliphatic heterocycles. The molecule has 33 heavy (non-hydrogen) atoms. The molecule has 0 bridgehead atoms. The van der Waals surface area contributed by atoms with Gasteiger partial charge in [0.15, 0.2) is 5.82 Å². The standard InChI is InChI=1S/C21H17FN6O4S/c1-12-5-6-15(28(31)32)10-17(12)24-20(30)19(29)23-8-7-16-11-33-21-25-18(26-27(16)21)13-3-2-4-14(22)9-13/h2-6,9-11H,7-8H2,1H3,(H,23,29)(H,24,30). The number of thiazole rings is 1. The number of aromatic nitrogens is 3. The summed E-state index contributed by atoms with van der Waals surface area (Å²) in [7, 11) is 0. The summed E-state index contributed by atoms with van der Waals surface area (Å²) in [5.74, 6) is -1.79. The van der Waals surface area contributed by atoms with E-state index in [1.165, 1.54) is 41.7 Å². The Labute approximate surface area is 190 Å². The van der Waals surface area contributed by atoms with Crippen LogP contribution in [0.15, 0.2) is 47.8 Å². The molecule has 4 rings (SSSR count). The molecule has 0 spiro atoms. The van der Waals surface area contributed by atoms with Crippen LogP contribution in [0.3, 0.4) is 0 Å². The zero-order valence-electron chi connectivity index (χ0n) is 17.2. The molecule has 0 unspecified atom stereocenters. The van der Waals surface area contributed by atoms with Crippen LogP contribution < -0.4 is 10.6 Å². The number of nitrogens with one attached hydrogen (secondary N) is 2. The number of carbonyl (C=O) groups excluding carboxylic acids is 2. The Balaban J connectivity index is 1.37. The number of rotatable bonds is 6. The fourth-order valence-electron chi connectivity index (χ4n) is 3.07. The maximum Gasteiger partial charge on any atom is 0.313 e. The lowest BCUT2D eigenvalue weighted by molar-refractivity contribution is -0.384. The van der Waals surface area contributed by atoms with Crippen LogP contribution in [0.1, 0.15) is 11.3 Å². The van der Waals surface area contributed by atoms with Crippen molar-refractivity contribution >= 4 is 39.5 Å². The van der Waals surface area contributed by atoms with E-state index in [0.717, 1.165) is 5.69 Å². The van der Waals surface area contributed by atoms with Gasteiger partial charge in [-0.3, -0.25) is 19.7 Å². The van der Waals surface area contributed by atoms with E-state index >= 15 is 0 Å². The number of non-ortho nitro benzene ring substituents is 1. The second kappa shape index (κ2) is 9.12. The van der Waals surface area contributed by atoms with E-state index in [1.807, 2.05) is 5.38 Å². The number of hydrogen-bond acceptors (Lipinski definition) is 7. The highest BCUT2D eigenvalue weighted by atomic mass is 32.1. The van der Waals surface area contributed by atoms with E-state index < -0.39 is 16.7 Å². The first-order valence-corrected chi connectivity index (χ1v) is 10.6. The molecule has 0 aliphatic rings. The smallest absolute Gasteiger partial charge is 0.313 e. The van der Waals surface area contributed by atoms with Crippen LogP contribution in [0.5, 0.6) is 0 Å². The fraction of sp³-hybridized carbons (Fsp3) is 0.143. The van der Waals surface area contributed by atoms with E-state index in [0.29, 0.717) is 28.3 Å². The zero-order valence-corrected chi connectivity index (χ0v) is 18.1. The van der Waals surface area contributed by atoms with Crippen molar-refractivity contribution in [1.29, 1.82) is 0 Å². The fourth-order valence-corrected chi connectivity index (χ4v) is 3.92. The van der Waals surface area contributed by atoms with Gasteiger partial charge in [0.1, 0.15) is 5.82 Å². The molecule has 2 aromatic heterocycles. The Bertz CT molecular complexity index is 1380. The van der Waals surface area contributed by atoms with Gasteiger partial charge in [-0.25, -0.2) is 8.91 Å².